The molecule has 0 N–H and O–H groups in total. The van der Waals surface area contributed by atoms with Crippen molar-refractivity contribution in [2.45, 2.75) is 26.7 Å². The van der Waals surface area contributed by atoms with Crippen LogP contribution in [-0.2, 0) is 0 Å². The smallest absolute Gasteiger partial charge is 0.207 e. The molecular weight excluding hydrogens is 250 g/mol. The van der Waals surface area contributed by atoms with Crippen molar-refractivity contribution < 1.29 is 0 Å². The van der Waals surface area contributed by atoms with Crippen LogP contribution in [0.25, 0.3) is 5.69 Å². The number of rotatable bonds is 2. The quantitative estimate of drug-likeness (QED) is 0.838. The molecule has 0 radical (unpaired) electrons. The van der Waals surface area contributed by atoms with E-state index in [9.17, 15) is 5.26 Å². The lowest BCUT2D eigenvalue weighted by molar-refractivity contribution is 0.739. The molecule has 3 rings (SSSR count). The van der Waals surface area contributed by atoms with Crippen molar-refractivity contribution in [3.8, 4) is 11.8 Å². The van der Waals surface area contributed by atoms with Crippen molar-refractivity contribution in [1.82, 2.24) is 15.0 Å². The number of nitrogens with zero attached hydrogens (tertiary/aromatic N) is 5. The molecule has 0 saturated carbocycles. The lowest BCUT2D eigenvalue weighted by Gasteiger charge is -2.12. The largest absolute Gasteiger partial charge is 0.353 e. The van der Waals surface area contributed by atoms with Crippen molar-refractivity contribution in [2.75, 3.05) is 18.0 Å². The van der Waals surface area contributed by atoms with Gasteiger partial charge in [-0.05, 0) is 38.3 Å². The van der Waals surface area contributed by atoms with Crippen LogP contribution < -0.4 is 4.90 Å². The summed E-state index contributed by atoms with van der Waals surface area (Å²) in [7, 11) is 0. The summed E-state index contributed by atoms with van der Waals surface area (Å²) in [4.78, 5) is 3.73. The van der Waals surface area contributed by atoms with Crippen LogP contribution in [0.5, 0.6) is 0 Å². The van der Waals surface area contributed by atoms with Gasteiger partial charge >= 0.3 is 0 Å². The first-order valence-electron chi connectivity index (χ1n) is 6.89. The molecule has 20 heavy (non-hydrogen) atoms. The summed E-state index contributed by atoms with van der Waals surface area (Å²) in [6.45, 7) is 6.01. The highest BCUT2D eigenvalue weighted by Crippen LogP contribution is 2.23. The molecule has 1 aromatic heterocycles. The average Bonchev–Trinajstić information content (AvgIpc) is 3.07. The van der Waals surface area contributed by atoms with Gasteiger partial charge in [-0.15, -0.1) is 15.0 Å². The molecule has 1 fully saturated rings. The van der Waals surface area contributed by atoms with Crippen LogP contribution in [0.3, 0.4) is 0 Å². The first-order chi connectivity index (χ1) is 9.69. The fraction of sp³-hybridized carbons (Fsp3) is 0.400. The third-order valence-corrected chi connectivity index (χ3v) is 3.68. The van der Waals surface area contributed by atoms with Gasteiger partial charge in [0.05, 0.1) is 5.69 Å². The summed E-state index contributed by atoms with van der Waals surface area (Å²) in [5.41, 5.74) is 3.65. The SMILES string of the molecule is Cc1ccc(-n2nc(C#N)c(N3CCCC3)n2)c(C)c1. The van der Waals surface area contributed by atoms with E-state index in [0.717, 1.165) is 37.2 Å². The zero-order valence-electron chi connectivity index (χ0n) is 11.8. The van der Waals surface area contributed by atoms with E-state index in [2.05, 4.69) is 34.2 Å². The van der Waals surface area contributed by atoms with Gasteiger partial charge in [0.25, 0.3) is 0 Å². The third-order valence-electron chi connectivity index (χ3n) is 3.68. The maximum Gasteiger partial charge on any atom is 0.207 e. The molecule has 1 aliphatic rings. The molecule has 2 heterocycles. The zero-order valence-corrected chi connectivity index (χ0v) is 11.8. The Labute approximate surface area is 118 Å². The second-order valence-electron chi connectivity index (χ2n) is 5.26. The molecule has 0 bridgehead atoms. The Morgan fingerprint density at radius 2 is 1.90 bits per heavy atom. The Balaban J connectivity index is 2.04. The van der Waals surface area contributed by atoms with Crippen LogP contribution in [0, 0.1) is 25.2 Å². The first kappa shape index (κ1) is 12.7. The minimum atomic E-state index is 0.409. The molecule has 0 spiro atoms. The van der Waals surface area contributed by atoms with E-state index in [-0.39, 0.29) is 0 Å². The highest BCUT2D eigenvalue weighted by Gasteiger charge is 2.21. The Morgan fingerprint density at radius 1 is 1.15 bits per heavy atom. The maximum atomic E-state index is 9.26. The fourth-order valence-electron chi connectivity index (χ4n) is 2.65. The number of nitriles is 1. The topological polar surface area (TPSA) is 57.7 Å². The number of benzene rings is 1. The second kappa shape index (κ2) is 4.97. The monoisotopic (exact) mass is 267 g/mol. The summed E-state index contributed by atoms with van der Waals surface area (Å²) in [6.07, 6.45) is 2.31. The lowest BCUT2D eigenvalue weighted by Crippen LogP contribution is -2.19. The number of anilines is 1. The molecule has 1 aliphatic heterocycles. The standard InChI is InChI=1S/C15H17N5/c1-11-5-6-14(12(2)9-11)20-17-13(10-16)15(18-20)19-7-3-4-8-19/h5-6,9H,3-4,7-8H2,1-2H3. The molecule has 1 saturated heterocycles. The van der Waals surface area contributed by atoms with Gasteiger partial charge in [0.1, 0.15) is 6.07 Å². The van der Waals surface area contributed by atoms with Crippen LogP contribution in [0.2, 0.25) is 0 Å². The number of hydrogen-bond acceptors (Lipinski definition) is 4. The second-order valence-corrected chi connectivity index (χ2v) is 5.26. The molecule has 1 aromatic carbocycles. The molecule has 0 aliphatic carbocycles. The van der Waals surface area contributed by atoms with Gasteiger partial charge in [0.2, 0.25) is 5.69 Å². The summed E-state index contributed by atoms with van der Waals surface area (Å²) >= 11 is 0. The van der Waals surface area contributed by atoms with E-state index >= 15 is 0 Å². The highest BCUT2D eigenvalue weighted by atomic mass is 15.5. The molecule has 2 aromatic rings. The minimum absolute atomic E-state index is 0.409. The Bertz CT molecular complexity index is 674. The number of aromatic nitrogens is 3. The molecule has 0 atom stereocenters. The van der Waals surface area contributed by atoms with Crippen LogP contribution >= 0.6 is 0 Å². The predicted molar refractivity (Wildman–Crippen MR) is 77.0 cm³/mol. The van der Waals surface area contributed by atoms with E-state index in [0.29, 0.717) is 11.5 Å². The van der Waals surface area contributed by atoms with E-state index in [1.54, 1.807) is 4.80 Å². The van der Waals surface area contributed by atoms with Crippen LogP contribution in [0.15, 0.2) is 18.2 Å². The Morgan fingerprint density at radius 3 is 2.55 bits per heavy atom. The van der Waals surface area contributed by atoms with E-state index in [4.69, 9.17) is 0 Å². The van der Waals surface area contributed by atoms with Crippen molar-refractivity contribution in [3.05, 3.63) is 35.0 Å². The molecule has 0 amide bonds. The summed E-state index contributed by atoms with van der Waals surface area (Å²) in [6, 6.07) is 8.29. The number of hydrogen-bond donors (Lipinski definition) is 0. The summed E-state index contributed by atoms with van der Waals surface area (Å²) in [5, 5.41) is 18.1. The Kier molecular flexibility index (Phi) is 3.15. The fourth-order valence-corrected chi connectivity index (χ4v) is 2.65. The molecule has 102 valence electrons. The van der Waals surface area contributed by atoms with Crippen molar-refractivity contribution in [1.29, 1.82) is 5.26 Å². The van der Waals surface area contributed by atoms with Crippen LogP contribution in [-0.4, -0.2) is 28.1 Å². The van der Waals surface area contributed by atoms with Gasteiger partial charge in [0, 0.05) is 13.1 Å². The maximum absolute atomic E-state index is 9.26. The van der Waals surface area contributed by atoms with Crippen molar-refractivity contribution in [2.24, 2.45) is 0 Å². The van der Waals surface area contributed by atoms with Crippen molar-refractivity contribution >= 4 is 5.82 Å². The van der Waals surface area contributed by atoms with E-state index in [1.165, 1.54) is 5.56 Å². The summed E-state index contributed by atoms with van der Waals surface area (Å²) in [5.74, 6) is 0.713. The Hall–Kier alpha value is -2.35. The van der Waals surface area contributed by atoms with E-state index < -0.39 is 0 Å². The molecule has 5 nitrogen and oxygen atoms in total. The summed E-state index contributed by atoms with van der Waals surface area (Å²) < 4.78 is 0. The highest BCUT2D eigenvalue weighted by molar-refractivity contribution is 5.51. The molecule has 5 heteroatoms. The normalized spacial score (nSPS) is 14.6. The predicted octanol–water partition coefficient (Wildman–Crippen LogP) is 2.36. The van der Waals surface area contributed by atoms with Crippen LogP contribution in [0.4, 0.5) is 5.82 Å². The van der Waals surface area contributed by atoms with Gasteiger partial charge in [-0.25, -0.2) is 0 Å². The lowest BCUT2D eigenvalue weighted by atomic mass is 10.1. The van der Waals surface area contributed by atoms with Crippen molar-refractivity contribution in [3.63, 3.8) is 0 Å². The van der Waals surface area contributed by atoms with Gasteiger partial charge in [-0.2, -0.15) is 5.26 Å². The van der Waals surface area contributed by atoms with Gasteiger partial charge in [-0.3, -0.25) is 0 Å². The zero-order chi connectivity index (χ0) is 14.1. The van der Waals surface area contributed by atoms with Gasteiger partial charge in [0.15, 0.2) is 5.82 Å². The average molecular weight is 267 g/mol. The van der Waals surface area contributed by atoms with Gasteiger partial charge in [-0.1, -0.05) is 17.7 Å². The minimum Gasteiger partial charge on any atom is -0.353 e. The van der Waals surface area contributed by atoms with Crippen LogP contribution in [0.1, 0.15) is 29.7 Å². The first-order valence-corrected chi connectivity index (χ1v) is 6.89. The van der Waals surface area contributed by atoms with E-state index in [1.807, 2.05) is 19.1 Å². The molecular formula is C15H17N5. The third kappa shape index (κ3) is 2.14. The molecule has 0 unspecified atom stereocenters. The number of aryl methyl sites for hydroxylation is 2. The van der Waals surface area contributed by atoms with Gasteiger partial charge < -0.3 is 4.90 Å².